The number of ether oxygens (including phenoxy) is 1. The summed E-state index contributed by atoms with van der Waals surface area (Å²) in [5, 5.41) is 15.2. The number of alkyl carbamates (subject to hydrolysis) is 1. The molecule has 0 saturated heterocycles. The summed E-state index contributed by atoms with van der Waals surface area (Å²) in [5.74, 6) is -0.761. The third-order valence-corrected chi connectivity index (χ3v) is 4.03. The van der Waals surface area contributed by atoms with Gasteiger partial charge in [0.2, 0.25) is 11.8 Å². The largest absolute Gasteiger partial charge is 0.508 e. The number of unbranched alkanes of at least 4 members (excludes halogenated alkanes) is 1. The van der Waals surface area contributed by atoms with E-state index in [4.69, 9.17) is 4.74 Å². The fourth-order valence-corrected chi connectivity index (χ4v) is 2.82. The van der Waals surface area contributed by atoms with Crippen molar-refractivity contribution in [2.24, 2.45) is 0 Å². The van der Waals surface area contributed by atoms with E-state index in [1.54, 1.807) is 32.9 Å². The molecule has 3 N–H and O–H groups in total. The molecule has 0 aliphatic carbocycles. The van der Waals surface area contributed by atoms with Crippen LogP contribution in [0.4, 0.5) is 4.79 Å². The van der Waals surface area contributed by atoms with Crippen molar-refractivity contribution in [2.45, 2.75) is 72.1 Å². The zero-order valence-corrected chi connectivity index (χ0v) is 18.8. The molecule has 0 radical (unpaired) electrons. The zero-order valence-electron chi connectivity index (χ0n) is 18.8. The monoisotopic (exact) mass is 421 g/mol. The third-order valence-electron chi connectivity index (χ3n) is 4.03. The number of rotatable bonds is 9. The summed E-state index contributed by atoms with van der Waals surface area (Å²) in [6.07, 6.45) is 0.802. The van der Waals surface area contributed by atoms with Crippen molar-refractivity contribution in [3.05, 3.63) is 29.8 Å². The first kappa shape index (κ1) is 25.3. The molecular weight excluding hydrogens is 386 g/mol. The highest BCUT2D eigenvalue weighted by atomic mass is 16.6. The summed E-state index contributed by atoms with van der Waals surface area (Å²) in [5.41, 5.74) is -0.189. The summed E-state index contributed by atoms with van der Waals surface area (Å²) >= 11 is 0. The number of amides is 3. The number of hydrogen-bond acceptors (Lipinski definition) is 5. The first-order valence-corrected chi connectivity index (χ1v) is 10.3. The molecule has 0 aliphatic heterocycles. The number of carbonyl (C=O) groups excluding carboxylic acids is 3. The molecule has 1 aromatic rings. The number of phenolic OH excluding ortho intramolecular Hbond substituents is 1. The molecule has 8 nitrogen and oxygen atoms in total. The molecule has 8 heteroatoms. The van der Waals surface area contributed by atoms with Gasteiger partial charge in [-0.25, -0.2) is 4.79 Å². The van der Waals surface area contributed by atoms with Crippen LogP contribution in [0.15, 0.2) is 24.3 Å². The minimum absolute atomic E-state index is 0.00428. The van der Waals surface area contributed by atoms with Crippen LogP contribution in [0.1, 0.15) is 66.0 Å². The van der Waals surface area contributed by atoms with E-state index >= 15 is 0 Å². The summed E-state index contributed by atoms with van der Waals surface area (Å²) in [6, 6.07) is 5.24. The van der Waals surface area contributed by atoms with Crippen molar-refractivity contribution >= 4 is 17.9 Å². The van der Waals surface area contributed by atoms with E-state index in [1.807, 2.05) is 20.8 Å². The first-order valence-electron chi connectivity index (χ1n) is 10.3. The Morgan fingerprint density at radius 1 is 1.20 bits per heavy atom. The topological polar surface area (TPSA) is 108 Å². The van der Waals surface area contributed by atoms with Crippen LogP contribution in [0.25, 0.3) is 0 Å². The van der Waals surface area contributed by atoms with E-state index in [0.29, 0.717) is 18.5 Å². The molecular formula is C22H35N3O5. The molecule has 0 aliphatic rings. The lowest BCUT2D eigenvalue weighted by Gasteiger charge is -2.32. The second-order valence-corrected chi connectivity index (χ2v) is 8.46. The predicted octanol–water partition coefficient (Wildman–Crippen LogP) is 3.11. The van der Waals surface area contributed by atoms with Crippen molar-refractivity contribution < 1.29 is 24.2 Å². The number of nitrogens with zero attached hydrogens (tertiary/aromatic N) is 1. The Labute approximate surface area is 179 Å². The minimum Gasteiger partial charge on any atom is -0.508 e. The molecule has 30 heavy (non-hydrogen) atoms. The SMILES string of the molecule is CCCCN(C(=O)CNC(=O)OC(C)(C)C)C(C(=O)NC(C)C)c1cccc(O)c1. The Hall–Kier alpha value is -2.77. The zero-order chi connectivity index (χ0) is 22.9. The van der Waals surface area contributed by atoms with E-state index in [-0.39, 0.29) is 24.2 Å². The van der Waals surface area contributed by atoms with Crippen molar-refractivity contribution in [1.82, 2.24) is 15.5 Å². The van der Waals surface area contributed by atoms with E-state index < -0.39 is 23.6 Å². The average Bonchev–Trinajstić information content (AvgIpc) is 2.61. The van der Waals surface area contributed by atoms with Crippen LogP contribution in [0, 0.1) is 0 Å². The van der Waals surface area contributed by atoms with E-state index in [0.717, 1.165) is 6.42 Å². The quantitative estimate of drug-likeness (QED) is 0.568. The number of hydrogen-bond donors (Lipinski definition) is 3. The Bertz CT molecular complexity index is 728. The van der Waals surface area contributed by atoms with E-state index in [1.165, 1.54) is 17.0 Å². The number of aromatic hydroxyl groups is 1. The molecule has 0 bridgehead atoms. The molecule has 3 amide bonds. The Morgan fingerprint density at radius 2 is 1.87 bits per heavy atom. The van der Waals surface area contributed by atoms with Crippen LogP contribution in [-0.2, 0) is 14.3 Å². The maximum Gasteiger partial charge on any atom is 0.408 e. The number of carbonyl (C=O) groups is 3. The second-order valence-electron chi connectivity index (χ2n) is 8.46. The van der Waals surface area contributed by atoms with Gasteiger partial charge in [0.1, 0.15) is 23.9 Å². The molecule has 1 unspecified atom stereocenters. The lowest BCUT2D eigenvalue weighted by molar-refractivity contribution is -0.140. The van der Waals surface area contributed by atoms with Gasteiger partial charge in [-0.05, 0) is 58.7 Å². The molecule has 1 aromatic carbocycles. The predicted molar refractivity (Wildman–Crippen MR) is 115 cm³/mol. The highest BCUT2D eigenvalue weighted by Gasteiger charge is 2.32. The van der Waals surface area contributed by atoms with Crippen LogP contribution in [0.2, 0.25) is 0 Å². The molecule has 168 valence electrons. The Balaban J connectivity index is 3.14. The van der Waals surface area contributed by atoms with Gasteiger partial charge in [-0.2, -0.15) is 0 Å². The number of phenols is 1. The van der Waals surface area contributed by atoms with Crippen LogP contribution in [0.5, 0.6) is 5.75 Å². The van der Waals surface area contributed by atoms with Gasteiger partial charge in [0.05, 0.1) is 0 Å². The minimum atomic E-state index is -0.931. The van der Waals surface area contributed by atoms with Crippen LogP contribution >= 0.6 is 0 Å². The van der Waals surface area contributed by atoms with Gasteiger partial charge in [0.15, 0.2) is 0 Å². The van der Waals surface area contributed by atoms with E-state index in [9.17, 15) is 19.5 Å². The summed E-state index contributed by atoms with van der Waals surface area (Å²) in [6.45, 7) is 10.9. The van der Waals surface area contributed by atoms with Gasteiger partial charge >= 0.3 is 6.09 Å². The summed E-state index contributed by atoms with van der Waals surface area (Å²) in [7, 11) is 0. The van der Waals surface area contributed by atoms with Crippen molar-refractivity contribution in [2.75, 3.05) is 13.1 Å². The molecule has 0 fully saturated rings. The Morgan fingerprint density at radius 3 is 2.40 bits per heavy atom. The Kier molecular flexibility index (Phi) is 9.62. The lowest BCUT2D eigenvalue weighted by atomic mass is 10.0. The normalized spacial score (nSPS) is 12.2. The molecule has 0 heterocycles. The number of nitrogens with one attached hydrogen (secondary N) is 2. The third kappa shape index (κ3) is 8.71. The van der Waals surface area contributed by atoms with Gasteiger partial charge < -0.3 is 25.4 Å². The molecule has 0 spiro atoms. The fraction of sp³-hybridized carbons (Fsp3) is 0.591. The highest BCUT2D eigenvalue weighted by Crippen LogP contribution is 2.25. The average molecular weight is 422 g/mol. The summed E-state index contributed by atoms with van der Waals surface area (Å²) < 4.78 is 5.18. The van der Waals surface area contributed by atoms with Gasteiger partial charge in [0, 0.05) is 12.6 Å². The van der Waals surface area contributed by atoms with Gasteiger partial charge in [-0.3, -0.25) is 9.59 Å². The molecule has 1 atom stereocenters. The van der Waals surface area contributed by atoms with Crippen molar-refractivity contribution in [3.63, 3.8) is 0 Å². The van der Waals surface area contributed by atoms with Crippen LogP contribution < -0.4 is 10.6 Å². The molecule has 0 saturated carbocycles. The van der Waals surface area contributed by atoms with E-state index in [2.05, 4.69) is 10.6 Å². The lowest BCUT2D eigenvalue weighted by Crippen LogP contribution is -2.49. The highest BCUT2D eigenvalue weighted by molar-refractivity contribution is 5.90. The molecule has 1 rings (SSSR count). The smallest absolute Gasteiger partial charge is 0.408 e. The maximum atomic E-state index is 13.0. The fourth-order valence-electron chi connectivity index (χ4n) is 2.82. The van der Waals surface area contributed by atoms with Crippen molar-refractivity contribution in [3.8, 4) is 5.75 Å². The number of benzene rings is 1. The van der Waals surface area contributed by atoms with Gasteiger partial charge in [0.25, 0.3) is 0 Å². The van der Waals surface area contributed by atoms with Gasteiger partial charge in [-0.15, -0.1) is 0 Å². The van der Waals surface area contributed by atoms with Gasteiger partial charge in [-0.1, -0.05) is 25.5 Å². The van der Waals surface area contributed by atoms with Crippen LogP contribution in [-0.4, -0.2) is 52.6 Å². The standard InChI is InChI=1S/C22H35N3O5/c1-7-8-12-25(18(27)14-23-21(29)30-22(4,5)6)19(20(28)24-15(2)3)16-10-9-11-17(26)13-16/h9-11,13,15,19,26H,7-8,12,14H2,1-6H3,(H,23,29)(H,24,28). The van der Waals surface area contributed by atoms with Crippen molar-refractivity contribution in [1.29, 1.82) is 0 Å². The van der Waals surface area contributed by atoms with Crippen LogP contribution in [0.3, 0.4) is 0 Å². The second kappa shape index (κ2) is 11.4. The summed E-state index contributed by atoms with van der Waals surface area (Å²) in [4.78, 5) is 39.4. The maximum absolute atomic E-state index is 13.0. The molecule has 0 aromatic heterocycles. The first-order chi connectivity index (χ1) is 13.9.